The molecule has 2 heterocycles. The Hall–Kier alpha value is -2.11. The topological polar surface area (TPSA) is 81.0 Å². The molecule has 0 aliphatic rings. The van der Waals surface area contributed by atoms with Gasteiger partial charge in [0.2, 0.25) is 11.6 Å². The fraction of sp³-hybridized carbons (Fsp3) is 0. The van der Waals surface area contributed by atoms with Gasteiger partial charge < -0.3 is 14.2 Å². The smallest absolute Gasteiger partial charge is 0.383 e. The van der Waals surface area contributed by atoms with Gasteiger partial charge in [-0.15, -0.1) is 0 Å². The second-order valence-corrected chi connectivity index (χ2v) is 2.18. The molecule has 13 heavy (non-hydrogen) atoms. The first-order chi connectivity index (χ1) is 6.36. The number of rotatable bonds is 2. The molecule has 0 unspecified atom stereocenters. The van der Waals surface area contributed by atoms with Crippen LogP contribution >= 0.6 is 0 Å². The van der Waals surface area contributed by atoms with Crippen molar-refractivity contribution in [2.75, 3.05) is 0 Å². The number of ether oxygens (including phenoxy) is 1. The third-order valence-corrected chi connectivity index (χ3v) is 1.31. The van der Waals surface area contributed by atoms with Gasteiger partial charge in [0, 0.05) is 6.07 Å². The number of H-pyrrole nitrogens is 1. The predicted octanol–water partition coefficient (Wildman–Crippen LogP) is 0.617. The number of hydrogen-bond donors (Lipinski definition) is 1. The number of imidazole rings is 1. The van der Waals surface area contributed by atoms with Crippen molar-refractivity contribution in [3.8, 4) is 5.88 Å². The summed E-state index contributed by atoms with van der Waals surface area (Å²) in [6, 6.07) is 1.42. The second kappa shape index (κ2) is 3.10. The van der Waals surface area contributed by atoms with E-state index >= 15 is 0 Å². The van der Waals surface area contributed by atoms with E-state index in [-0.39, 0.29) is 11.6 Å². The van der Waals surface area contributed by atoms with Gasteiger partial charge in [0.15, 0.2) is 0 Å². The summed E-state index contributed by atoms with van der Waals surface area (Å²) in [7, 11) is 0. The highest BCUT2D eigenvalue weighted by Gasteiger charge is 2.12. The molecule has 66 valence electrons. The molecule has 2 aromatic rings. The van der Waals surface area contributed by atoms with Crippen molar-refractivity contribution >= 4 is 5.97 Å². The van der Waals surface area contributed by atoms with Crippen molar-refractivity contribution in [1.29, 1.82) is 0 Å². The Labute approximate surface area is 72.5 Å². The van der Waals surface area contributed by atoms with Crippen molar-refractivity contribution in [2.45, 2.75) is 0 Å². The highest BCUT2D eigenvalue weighted by atomic mass is 16.6. The van der Waals surface area contributed by atoms with Crippen LogP contribution in [0.15, 0.2) is 29.3 Å². The molecule has 0 radical (unpaired) electrons. The number of nitrogens with zero attached hydrogens (tertiary/aromatic N) is 2. The molecule has 6 heteroatoms. The summed E-state index contributed by atoms with van der Waals surface area (Å²) in [4.78, 5) is 17.5. The summed E-state index contributed by atoms with van der Waals surface area (Å²) in [5.41, 5.74) is 0. The fourth-order valence-electron chi connectivity index (χ4n) is 0.770. The Morgan fingerprint density at radius 2 is 2.54 bits per heavy atom. The van der Waals surface area contributed by atoms with Crippen LogP contribution in [0.25, 0.3) is 0 Å². The van der Waals surface area contributed by atoms with E-state index in [0.717, 1.165) is 0 Å². The number of carbonyl (C=O) groups excluding carboxylic acids is 1. The lowest BCUT2D eigenvalue weighted by Crippen LogP contribution is -2.07. The second-order valence-electron chi connectivity index (χ2n) is 2.18. The number of carbonyl (C=O) groups is 1. The van der Waals surface area contributed by atoms with E-state index in [4.69, 9.17) is 4.74 Å². The van der Waals surface area contributed by atoms with Crippen LogP contribution in [-0.2, 0) is 0 Å². The third-order valence-electron chi connectivity index (χ3n) is 1.31. The van der Waals surface area contributed by atoms with Crippen molar-refractivity contribution in [1.82, 2.24) is 15.1 Å². The van der Waals surface area contributed by atoms with Crippen LogP contribution < -0.4 is 4.74 Å². The molecule has 2 rings (SSSR count). The summed E-state index contributed by atoms with van der Waals surface area (Å²) >= 11 is 0. The molecule has 0 saturated heterocycles. The van der Waals surface area contributed by atoms with E-state index < -0.39 is 5.97 Å². The van der Waals surface area contributed by atoms with Gasteiger partial charge in [0.05, 0.1) is 18.7 Å². The normalized spacial score (nSPS) is 9.85. The lowest BCUT2D eigenvalue weighted by atomic mass is 10.5. The SMILES string of the molecule is O=C(Oc1cnc[nH]1)c1ccno1. The minimum atomic E-state index is -0.609. The molecule has 0 saturated carbocycles. The third kappa shape index (κ3) is 1.56. The Morgan fingerprint density at radius 1 is 1.62 bits per heavy atom. The lowest BCUT2D eigenvalue weighted by molar-refractivity contribution is 0.0684. The summed E-state index contributed by atoms with van der Waals surface area (Å²) in [6.07, 6.45) is 4.15. The predicted molar refractivity (Wildman–Crippen MR) is 40.0 cm³/mol. The van der Waals surface area contributed by atoms with E-state index in [1.165, 1.54) is 24.8 Å². The van der Waals surface area contributed by atoms with Crippen LogP contribution in [0, 0.1) is 0 Å². The van der Waals surface area contributed by atoms with Crippen molar-refractivity contribution in [2.24, 2.45) is 0 Å². The first kappa shape index (κ1) is 7.53. The maximum Gasteiger partial charge on any atom is 0.383 e. The van der Waals surface area contributed by atoms with Gasteiger partial charge in [-0.3, -0.25) is 0 Å². The highest BCUT2D eigenvalue weighted by molar-refractivity contribution is 5.87. The minimum absolute atomic E-state index is 0.0506. The van der Waals surface area contributed by atoms with Crippen molar-refractivity contribution in [3.05, 3.63) is 30.5 Å². The van der Waals surface area contributed by atoms with Crippen LogP contribution in [0.4, 0.5) is 0 Å². The van der Waals surface area contributed by atoms with Crippen LogP contribution in [-0.4, -0.2) is 21.1 Å². The monoisotopic (exact) mass is 179 g/mol. The molecule has 0 amide bonds. The zero-order valence-corrected chi connectivity index (χ0v) is 6.43. The molecule has 0 spiro atoms. The fourth-order valence-corrected chi connectivity index (χ4v) is 0.770. The van der Waals surface area contributed by atoms with E-state index in [0.29, 0.717) is 0 Å². The molecule has 0 fully saturated rings. The highest BCUT2D eigenvalue weighted by Crippen LogP contribution is 2.06. The van der Waals surface area contributed by atoms with E-state index in [1.54, 1.807) is 0 Å². The molecule has 6 nitrogen and oxygen atoms in total. The largest absolute Gasteiger partial charge is 0.402 e. The Morgan fingerprint density at radius 3 is 3.15 bits per heavy atom. The first-order valence-corrected chi connectivity index (χ1v) is 3.47. The first-order valence-electron chi connectivity index (χ1n) is 3.47. The van der Waals surface area contributed by atoms with Gasteiger partial charge in [-0.25, -0.2) is 9.78 Å². The zero-order chi connectivity index (χ0) is 9.10. The van der Waals surface area contributed by atoms with Gasteiger partial charge in [-0.1, -0.05) is 5.16 Å². The van der Waals surface area contributed by atoms with E-state index in [2.05, 4.69) is 19.6 Å². The zero-order valence-electron chi connectivity index (χ0n) is 6.43. The van der Waals surface area contributed by atoms with Crippen LogP contribution in [0.2, 0.25) is 0 Å². The van der Waals surface area contributed by atoms with Gasteiger partial charge >= 0.3 is 5.97 Å². The number of esters is 1. The van der Waals surface area contributed by atoms with Gasteiger partial charge in [-0.2, -0.15) is 0 Å². The summed E-state index contributed by atoms with van der Waals surface area (Å²) in [5.74, 6) is -0.294. The molecule has 0 aromatic carbocycles. The maximum absolute atomic E-state index is 11.2. The number of nitrogens with one attached hydrogen (secondary N) is 1. The molecule has 2 aromatic heterocycles. The quantitative estimate of drug-likeness (QED) is 0.683. The molecule has 0 atom stereocenters. The summed E-state index contributed by atoms with van der Waals surface area (Å²) < 4.78 is 9.39. The molecule has 0 aliphatic carbocycles. The molecule has 0 aliphatic heterocycles. The van der Waals surface area contributed by atoms with Crippen LogP contribution in [0.3, 0.4) is 0 Å². The molecule has 0 bridgehead atoms. The van der Waals surface area contributed by atoms with Gasteiger partial charge in [0.1, 0.15) is 0 Å². The molecular formula is C7H5N3O3. The van der Waals surface area contributed by atoms with Crippen molar-refractivity contribution < 1.29 is 14.1 Å². The maximum atomic E-state index is 11.2. The number of aromatic amines is 1. The summed E-state index contributed by atoms with van der Waals surface area (Å²) in [6.45, 7) is 0. The summed E-state index contributed by atoms with van der Waals surface area (Å²) in [5, 5.41) is 3.37. The number of hydrogen-bond acceptors (Lipinski definition) is 5. The van der Waals surface area contributed by atoms with E-state index in [1.807, 2.05) is 0 Å². The van der Waals surface area contributed by atoms with Gasteiger partial charge in [-0.05, 0) is 0 Å². The molecular weight excluding hydrogens is 174 g/mol. The minimum Gasteiger partial charge on any atom is -0.402 e. The van der Waals surface area contributed by atoms with E-state index in [9.17, 15) is 4.79 Å². The number of aromatic nitrogens is 3. The Kier molecular flexibility index (Phi) is 1.79. The average molecular weight is 179 g/mol. The van der Waals surface area contributed by atoms with Gasteiger partial charge in [0.25, 0.3) is 0 Å². The Balaban J connectivity index is 2.08. The standard InChI is InChI=1S/C7H5N3O3/c11-7(5-1-2-10-13-5)12-6-3-8-4-9-6/h1-4H,(H,8,9). The average Bonchev–Trinajstić information content (AvgIpc) is 2.74. The Bertz CT molecular complexity index is 379. The van der Waals surface area contributed by atoms with Crippen LogP contribution in [0.1, 0.15) is 10.6 Å². The molecule has 1 N–H and O–H groups in total. The van der Waals surface area contributed by atoms with Crippen LogP contribution in [0.5, 0.6) is 5.88 Å². The lowest BCUT2D eigenvalue weighted by Gasteiger charge is -1.95. The van der Waals surface area contributed by atoms with Crippen molar-refractivity contribution in [3.63, 3.8) is 0 Å².